The van der Waals surface area contributed by atoms with Gasteiger partial charge in [-0.05, 0) is 25.3 Å². The average Bonchev–Trinajstić information content (AvgIpc) is 3.65. The van der Waals surface area contributed by atoms with E-state index in [0.29, 0.717) is 12.8 Å². The lowest BCUT2D eigenvalue weighted by Gasteiger charge is -2.21. The van der Waals surface area contributed by atoms with Gasteiger partial charge in [0, 0.05) is 35.9 Å². The molecule has 356 valence electrons. The molecule has 2 rings (SSSR count). The van der Waals surface area contributed by atoms with Gasteiger partial charge in [-0.2, -0.15) is 0 Å². The van der Waals surface area contributed by atoms with Gasteiger partial charge in [0.1, 0.15) is 12.8 Å². The van der Waals surface area contributed by atoms with E-state index in [1.54, 1.807) is 0 Å². The highest BCUT2D eigenvalue weighted by Gasteiger charge is 2.38. The maximum absolute atomic E-state index is 13.0. The monoisotopic (exact) mass is 898 g/mol. The lowest BCUT2D eigenvalue weighted by atomic mass is 10.0. The van der Waals surface area contributed by atoms with Crippen LogP contribution in [-0.2, 0) is 37.4 Å². The number of aromatic amines is 1. The molecular weight excluding hydrogens is 817 g/mol. The minimum Gasteiger partial charge on any atom is -0.462 e. The van der Waals surface area contributed by atoms with Crippen LogP contribution in [-0.4, -0.2) is 64.5 Å². The summed E-state index contributed by atoms with van der Waals surface area (Å²) >= 11 is 0. The Bertz CT molecular complexity index is 1580. The zero-order valence-electron chi connectivity index (χ0n) is 38.3. The number of carbonyl (C=O) groups is 2. The van der Waals surface area contributed by atoms with Gasteiger partial charge >= 0.3 is 25.5 Å². The number of ether oxygens (including phenoxy) is 3. The summed E-state index contributed by atoms with van der Waals surface area (Å²) in [7, 11) is -4.81. The van der Waals surface area contributed by atoms with Crippen molar-refractivity contribution in [1.29, 1.82) is 0 Å². The second-order valence-electron chi connectivity index (χ2n) is 17.0. The molecule has 1 aromatic heterocycles. The van der Waals surface area contributed by atoms with Crippen LogP contribution in [0.3, 0.4) is 0 Å². The van der Waals surface area contributed by atoms with Crippen molar-refractivity contribution < 1.29 is 42.3 Å². The molecule has 2 heterocycles. The first kappa shape index (κ1) is 55.1. The Kier molecular flexibility index (Phi) is 30.6. The fourth-order valence-electron chi connectivity index (χ4n) is 7.60. The number of azide groups is 1. The Balaban J connectivity index is 1.82. The molecule has 0 bridgehead atoms. The van der Waals surface area contributed by atoms with Gasteiger partial charge in [0.15, 0.2) is 6.10 Å². The van der Waals surface area contributed by atoms with E-state index in [-0.39, 0.29) is 31.4 Å². The number of phosphoric acid groups is 1. The summed E-state index contributed by atoms with van der Waals surface area (Å²) in [5.74, 6) is -0.985. The summed E-state index contributed by atoms with van der Waals surface area (Å²) in [6.07, 6.45) is 29.1. The summed E-state index contributed by atoms with van der Waals surface area (Å²) in [5, 5.41) is 3.69. The summed E-state index contributed by atoms with van der Waals surface area (Å²) in [6.45, 7) is 4.47. The number of aromatic nitrogens is 2. The highest BCUT2D eigenvalue weighted by Crippen LogP contribution is 2.45. The van der Waals surface area contributed by atoms with Crippen molar-refractivity contribution in [3.05, 3.63) is 43.0 Å². The number of unbranched alkanes of at least 4 members (excludes halogenated alkanes) is 24. The van der Waals surface area contributed by atoms with Crippen molar-refractivity contribution in [2.75, 3.05) is 19.8 Å². The zero-order chi connectivity index (χ0) is 45.3. The van der Waals surface area contributed by atoms with Crippen molar-refractivity contribution in [1.82, 2.24) is 9.55 Å². The summed E-state index contributed by atoms with van der Waals surface area (Å²) < 4.78 is 41.4. The van der Waals surface area contributed by atoms with E-state index in [1.165, 1.54) is 129 Å². The van der Waals surface area contributed by atoms with Gasteiger partial charge in [-0.25, -0.2) is 9.36 Å². The number of aryl methyl sites for hydroxylation is 1. The lowest BCUT2D eigenvalue weighted by Crippen LogP contribution is -2.33. The molecule has 5 atom stereocenters. The van der Waals surface area contributed by atoms with Gasteiger partial charge in [-0.15, -0.1) is 0 Å². The summed E-state index contributed by atoms with van der Waals surface area (Å²) in [6, 6.07) is -0.878. The Labute approximate surface area is 370 Å². The van der Waals surface area contributed by atoms with Crippen LogP contribution >= 0.6 is 7.82 Å². The van der Waals surface area contributed by atoms with E-state index in [9.17, 15) is 28.6 Å². The number of hydrogen-bond donors (Lipinski definition) is 2. The number of H-pyrrole nitrogens is 1. The topological polar surface area (TPSA) is 221 Å². The third-order valence-corrected chi connectivity index (χ3v) is 12.3. The second-order valence-corrected chi connectivity index (χ2v) is 18.4. The molecule has 1 fully saturated rings. The molecule has 17 heteroatoms. The average molecular weight is 898 g/mol. The molecule has 0 spiro atoms. The summed E-state index contributed by atoms with van der Waals surface area (Å²) in [4.78, 5) is 65.4. The van der Waals surface area contributed by atoms with Gasteiger partial charge in [-0.3, -0.25) is 33.0 Å². The Morgan fingerprint density at radius 2 is 1.26 bits per heavy atom. The van der Waals surface area contributed by atoms with Crippen molar-refractivity contribution in [2.24, 2.45) is 5.11 Å². The van der Waals surface area contributed by atoms with Gasteiger partial charge in [-0.1, -0.05) is 173 Å². The molecule has 2 N–H and O–H groups in total. The van der Waals surface area contributed by atoms with Crippen LogP contribution in [0.25, 0.3) is 10.4 Å². The normalized spacial score (nSPS) is 17.6. The molecule has 0 saturated carbocycles. The minimum atomic E-state index is -4.81. The Morgan fingerprint density at radius 3 is 1.74 bits per heavy atom. The molecule has 62 heavy (non-hydrogen) atoms. The van der Waals surface area contributed by atoms with Crippen LogP contribution in [0.2, 0.25) is 0 Å². The lowest BCUT2D eigenvalue weighted by molar-refractivity contribution is -0.161. The van der Waals surface area contributed by atoms with E-state index in [1.807, 2.05) is 0 Å². The number of phosphoric ester groups is 1. The predicted octanol–water partition coefficient (Wildman–Crippen LogP) is 11.4. The molecule has 1 unspecified atom stereocenters. The van der Waals surface area contributed by atoms with Crippen LogP contribution < -0.4 is 11.2 Å². The van der Waals surface area contributed by atoms with Crippen LogP contribution in [0.1, 0.15) is 212 Å². The zero-order valence-corrected chi connectivity index (χ0v) is 39.2. The van der Waals surface area contributed by atoms with Crippen molar-refractivity contribution >= 4 is 19.8 Å². The number of carbonyl (C=O) groups excluding carboxylic acids is 2. The van der Waals surface area contributed by atoms with Crippen LogP contribution in [0.15, 0.2) is 20.9 Å². The maximum atomic E-state index is 13.0. The summed E-state index contributed by atoms with van der Waals surface area (Å²) in [5.41, 5.74) is 8.07. The first-order valence-electron chi connectivity index (χ1n) is 24.0. The van der Waals surface area contributed by atoms with E-state index in [0.717, 1.165) is 43.1 Å². The molecule has 1 aliphatic heterocycles. The first-order valence-corrected chi connectivity index (χ1v) is 25.5. The van der Waals surface area contributed by atoms with Gasteiger partial charge < -0.3 is 19.1 Å². The number of nitrogens with zero attached hydrogens (tertiary/aromatic N) is 4. The highest BCUT2D eigenvalue weighted by atomic mass is 31.2. The largest absolute Gasteiger partial charge is 0.472 e. The van der Waals surface area contributed by atoms with E-state index in [4.69, 9.17) is 28.8 Å². The predicted molar refractivity (Wildman–Crippen MR) is 241 cm³/mol. The molecule has 0 aromatic carbocycles. The van der Waals surface area contributed by atoms with Gasteiger partial charge in [0.25, 0.3) is 5.56 Å². The maximum Gasteiger partial charge on any atom is 0.472 e. The third kappa shape index (κ3) is 25.9. The molecule has 1 aliphatic rings. The molecule has 1 aromatic rings. The SMILES string of the molecule is CCCCCCCCCCCCCCCC(=O)OC[C@H](COP(=O)(O)OC[C@H]1O[C@@H](n2cc(C)c(=O)[nH]c2=O)C[C@@H]1N=[N+]=[N-])OC(=O)CCCCCCCCCCCCCCC. The van der Waals surface area contributed by atoms with Crippen molar-refractivity contribution in [3.8, 4) is 0 Å². The minimum absolute atomic E-state index is 0.0298. The molecule has 0 amide bonds. The molecule has 1 saturated heterocycles. The van der Waals surface area contributed by atoms with E-state index < -0.39 is 68.7 Å². The molecule has 16 nitrogen and oxygen atoms in total. The van der Waals surface area contributed by atoms with Crippen molar-refractivity contribution in [3.63, 3.8) is 0 Å². The smallest absolute Gasteiger partial charge is 0.462 e. The third-order valence-electron chi connectivity index (χ3n) is 11.4. The van der Waals surface area contributed by atoms with E-state index >= 15 is 0 Å². The quantitative estimate of drug-likeness (QED) is 0.0158. The number of esters is 2. The first-order chi connectivity index (χ1) is 30.0. The fraction of sp³-hybridized carbons (Fsp3) is 0.867. The van der Waals surface area contributed by atoms with E-state index in [2.05, 4.69) is 28.9 Å². The van der Waals surface area contributed by atoms with Gasteiger partial charge in [0.2, 0.25) is 0 Å². The number of hydrogen-bond acceptors (Lipinski definition) is 11. The molecule has 0 radical (unpaired) electrons. The highest BCUT2D eigenvalue weighted by molar-refractivity contribution is 7.47. The fourth-order valence-corrected chi connectivity index (χ4v) is 8.36. The molecule has 0 aliphatic carbocycles. The van der Waals surface area contributed by atoms with Gasteiger partial charge in [0.05, 0.1) is 25.4 Å². The van der Waals surface area contributed by atoms with Crippen LogP contribution in [0.4, 0.5) is 0 Å². The molecular formula is C45H80N5O11P. The van der Waals surface area contributed by atoms with Crippen LogP contribution in [0.5, 0.6) is 0 Å². The van der Waals surface area contributed by atoms with Crippen molar-refractivity contribution in [2.45, 2.75) is 231 Å². The second kappa shape index (κ2) is 34.4. The standard InChI is InChI=1S/C45H80N5O11P/c1-4-6-8-10-12-14-16-18-20-22-24-26-28-30-42(51)57-34-38(60-43(52)31-29-27-25-23-21-19-17-15-13-11-9-7-5-2)35-58-62(55,56)59-36-40-39(48-49-46)32-41(61-40)50-33-37(3)44(53)47-45(50)54/h33,38-41H,4-32,34-36H2,1-3H3,(H,55,56)(H,47,53,54)/t38-,39+,40-,41-/m1/s1. The Hall–Kier alpha value is -3.00. The number of nitrogens with one attached hydrogen (secondary N) is 1. The van der Waals surface area contributed by atoms with Crippen LogP contribution in [0, 0.1) is 6.92 Å². The Morgan fingerprint density at radius 1 is 0.790 bits per heavy atom. The number of rotatable bonds is 39.